The van der Waals surface area contributed by atoms with Crippen molar-refractivity contribution in [1.29, 1.82) is 0 Å². The highest BCUT2D eigenvalue weighted by atomic mass is 16.3. The fourth-order valence-electron chi connectivity index (χ4n) is 3.41. The van der Waals surface area contributed by atoms with Gasteiger partial charge in [-0.1, -0.05) is 24.3 Å². The normalized spacial score (nSPS) is 17.9. The zero-order valence-electron chi connectivity index (χ0n) is 14.2. The van der Waals surface area contributed by atoms with Crippen LogP contribution in [0.5, 0.6) is 0 Å². The molecule has 2 heterocycles. The van der Waals surface area contributed by atoms with Crippen molar-refractivity contribution < 1.29 is 9.90 Å². The van der Waals surface area contributed by atoms with E-state index in [1.165, 1.54) is 0 Å². The number of aliphatic hydroxyl groups is 1. The maximum atomic E-state index is 12.6. The van der Waals surface area contributed by atoms with Crippen LogP contribution in [0.15, 0.2) is 36.7 Å². The standard InChI is InChI=1S/C19H25N3O2/c1-2-21-11-9-20-19(21)17-4-3-10-22(13-17)18(24)12-15-5-7-16(14-23)8-6-15/h5-9,11,17,23H,2-4,10,12-14H2,1H3. The van der Waals surface area contributed by atoms with Crippen LogP contribution in [-0.4, -0.2) is 38.6 Å². The van der Waals surface area contributed by atoms with Crippen molar-refractivity contribution in [2.75, 3.05) is 13.1 Å². The highest BCUT2D eigenvalue weighted by Gasteiger charge is 2.27. The summed E-state index contributed by atoms with van der Waals surface area (Å²) in [6.45, 7) is 4.65. The Morgan fingerprint density at radius 1 is 1.29 bits per heavy atom. The van der Waals surface area contributed by atoms with Gasteiger partial charge in [0.1, 0.15) is 5.82 Å². The molecule has 0 radical (unpaired) electrons. The SMILES string of the molecule is CCn1ccnc1C1CCCN(C(=O)Cc2ccc(CO)cc2)C1. The van der Waals surface area contributed by atoms with Crippen LogP contribution in [0.4, 0.5) is 0 Å². The Balaban J connectivity index is 1.64. The lowest BCUT2D eigenvalue weighted by Gasteiger charge is -2.32. The van der Waals surface area contributed by atoms with E-state index in [1.807, 2.05) is 41.6 Å². The topological polar surface area (TPSA) is 58.4 Å². The van der Waals surface area contributed by atoms with Gasteiger partial charge >= 0.3 is 0 Å². The first kappa shape index (κ1) is 16.7. The molecule has 24 heavy (non-hydrogen) atoms. The highest BCUT2D eigenvalue weighted by molar-refractivity contribution is 5.79. The molecule has 0 spiro atoms. The molecular formula is C19H25N3O2. The summed E-state index contributed by atoms with van der Waals surface area (Å²) in [4.78, 5) is 19.1. The molecule has 1 atom stereocenters. The fraction of sp³-hybridized carbons (Fsp3) is 0.474. The molecule has 1 unspecified atom stereocenters. The molecule has 3 rings (SSSR count). The van der Waals surface area contributed by atoms with Crippen molar-refractivity contribution in [3.05, 3.63) is 53.6 Å². The van der Waals surface area contributed by atoms with Crippen LogP contribution in [0.2, 0.25) is 0 Å². The molecule has 1 aliphatic rings. The number of hydrogen-bond acceptors (Lipinski definition) is 3. The van der Waals surface area contributed by atoms with Crippen LogP contribution >= 0.6 is 0 Å². The van der Waals surface area contributed by atoms with Crippen LogP contribution in [0.1, 0.15) is 42.6 Å². The van der Waals surface area contributed by atoms with E-state index < -0.39 is 0 Å². The van der Waals surface area contributed by atoms with Crippen molar-refractivity contribution in [1.82, 2.24) is 14.5 Å². The number of nitrogens with zero attached hydrogens (tertiary/aromatic N) is 3. The Kier molecular flexibility index (Phi) is 5.30. The van der Waals surface area contributed by atoms with Gasteiger partial charge in [-0.3, -0.25) is 4.79 Å². The quantitative estimate of drug-likeness (QED) is 0.917. The summed E-state index contributed by atoms with van der Waals surface area (Å²) in [5, 5.41) is 9.09. The van der Waals surface area contributed by atoms with E-state index in [9.17, 15) is 4.79 Å². The van der Waals surface area contributed by atoms with E-state index in [4.69, 9.17) is 5.11 Å². The largest absolute Gasteiger partial charge is 0.392 e. The predicted octanol–water partition coefficient (Wildman–Crippen LogP) is 2.34. The van der Waals surface area contributed by atoms with E-state index >= 15 is 0 Å². The summed E-state index contributed by atoms with van der Waals surface area (Å²) in [7, 11) is 0. The third-order valence-electron chi connectivity index (χ3n) is 4.79. The van der Waals surface area contributed by atoms with Gasteiger partial charge in [0.15, 0.2) is 0 Å². The van der Waals surface area contributed by atoms with Gasteiger partial charge in [0.2, 0.25) is 5.91 Å². The molecular weight excluding hydrogens is 302 g/mol. The van der Waals surface area contributed by atoms with Crippen LogP contribution < -0.4 is 0 Å². The van der Waals surface area contributed by atoms with Gasteiger partial charge in [-0.2, -0.15) is 0 Å². The molecule has 1 aliphatic heterocycles. The summed E-state index contributed by atoms with van der Waals surface area (Å²) in [5.41, 5.74) is 1.87. The summed E-state index contributed by atoms with van der Waals surface area (Å²) in [5.74, 6) is 1.60. The van der Waals surface area contributed by atoms with Crippen LogP contribution in [0.25, 0.3) is 0 Å². The first-order valence-electron chi connectivity index (χ1n) is 8.68. The smallest absolute Gasteiger partial charge is 0.227 e. The Labute approximate surface area is 142 Å². The third kappa shape index (κ3) is 3.67. The minimum absolute atomic E-state index is 0.0338. The molecule has 1 amide bonds. The molecule has 1 N–H and O–H groups in total. The van der Waals surface area contributed by atoms with Crippen molar-refractivity contribution in [3.8, 4) is 0 Å². The summed E-state index contributed by atoms with van der Waals surface area (Å²) >= 11 is 0. The number of hydrogen-bond donors (Lipinski definition) is 1. The minimum atomic E-state index is 0.0338. The van der Waals surface area contributed by atoms with Crippen LogP contribution in [-0.2, 0) is 24.4 Å². The second kappa shape index (κ2) is 7.62. The summed E-state index contributed by atoms with van der Waals surface area (Å²) in [6.07, 6.45) is 6.39. The van der Waals surface area contributed by atoms with E-state index in [0.717, 1.165) is 49.4 Å². The van der Waals surface area contributed by atoms with Crippen LogP contribution in [0.3, 0.4) is 0 Å². The molecule has 0 saturated carbocycles. The average Bonchev–Trinajstić information content (AvgIpc) is 3.11. The number of amides is 1. The van der Waals surface area contributed by atoms with Gasteiger partial charge in [-0.15, -0.1) is 0 Å². The van der Waals surface area contributed by atoms with Gasteiger partial charge in [-0.25, -0.2) is 4.98 Å². The highest BCUT2D eigenvalue weighted by Crippen LogP contribution is 2.26. The van der Waals surface area contributed by atoms with Crippen molar-refractivity contribution in [3.63, 3.8) is 0 Å². The molecule has 1 fully saturated rings. The summed E-state index contributed by atoms with van der Waals surface area (Å²) < 4.78 is 2.17. The first-order valence-corrected chi connectivity index (χ1v) is 8.68. The van der Waals surface area contributed by atoms with Gasteiger partial charge in [0.05, 0.1) is 13.0 Å². The number of aliphatic hydroxyl groups excluding tert-OH is 1. The maximum absolute atomic E-state index is 12.6. The lowest BCUT2D eigenvalue weighted by molar-refractivity contribution is -0.131. The van der Waals surface area contributed by atoms with Gasteiger partial charge in [0.25, 0.3) is 0 Å². The molecule has 5 nitrogen and oxygen atoms in total. The number of carbonyl (C=O) groups is 1. The van der Waals surface area contributed by atoms with Crippen molar-refractivity contribution in [2.24, 2.45) is 0 Å². The zero-order valence-corrected chi connectivity index (χ0v) is 14.2. The van der Waals surface area contributed by atoms with Crippen molar-refractivity contribution >= 4 is 5.91 Å². The summed E-state index contributed by atoms with van der Waals surface area (Å²) in [6, 6.07) is 7.60. The maximum Gasteiger partial charge on any atom is 0.227 e. The number of aromatic nitrogens is 2. The third-order valence-corrected chi connectivity index (χ3v) is 4.79. The van der Waals surface area contributed by atoms with Gasteiger partial charge in [-0.05, 0) is 30.9 Å². The average molecular weight is 327 g/mol. The lowest BCUT2D eigenvalue weighted by atomic mass is 9.96. The molecule has 5 heteroatoms. The Bertz CT molecular complexity index is 678. The first-order chi connectivity index (χ1) is 11.7. The molecule has 1 aromatic carbocycles. The second-order valence-electron chi connectivity index (χ2n) is 6.40. The number of carbonyl (C=O) groups excluding carboxylic acids is 1. The van der Waals surface area contributed by atoms with E-state index in [-0.39, 0.29) is 12.5 Å². The zero-order chi connectivity index (χ0) is 16.9. The van der Waals surface area contributed by atoms with Gasteiger partial charge < -0.3 is 14.6 Å². The molecule has 2 aromatic rings. The molecule has 0 bridgehead atoms. The molecule has 1 saturated heterocycles. The monoisotopic (exact) mass is 327 g/mol. The Morgan fingerprint density at radius 3 is 2.75 bits per heavy atom. The molecule has 1 aromatic heterocycles. The predicted molar refractivity (Wildman–Crippen MR) is 92.5 cm³/mol. The fourth-order valence-corrected chi connectivity index (χ4v) is 3.41. The number of piperidine rings is 1. The number of imidazole rings is 1. The number of benzene rings is 1. The van der Waals surface area contributed by atoms with E-state index in [1.54, 1.807) is 0 Å². The number of rotatable bonds is 5. The van der Waals surface area contributed by atoms with Crippen LogP contribution in [0, 0.1) is 0 Å². The number of likely N-dealkylation sites (tertiary alicyclic amines) is 1. The second-order valence-corrected chi connectivity index (χ2v) is 6.40. The number of aryl methyl sites for hydroxylation is 1. The van der Waals surface area contributed by atoms with Gasteiger partial charge in [0, 0.05) is 37.9 Å². The van der Waals surface area contributed by atoms with E-state index in [2.05, 4.69) is 16.5 Å². The van der Waals surface area contributed by atoms with Crippen molar-refractivity contribution in [2.45, 2.75) is 45.3 Å². The lowest BCUT2D eigenvalue weighted by Crippen LogP contribution is -2.40. The van der Waals surface area contributed by atoms with E-state index in [0.29, 0.717) is 12.3 Å². The molecule has 128 valence electrons. The Hall–Kier alpha value is -2.14. The Morgan fingerprint density at radius 2 is 2.04 bits per heavy atom. The minimum Gasteiger partial charge on any atom is -0.392 e. The molecule has 0 aliphatic carbocycles.